The molecule has 4 heterocycles. The summed E-state index contributed by atoms with van der Waals surface area (Å²) in [7, 11) is 0. The summed E-state index contributed by atoms with van der Waals surface area (Å²) in [6.45, 7) is 0. The van der Waals surface area contributed by atoms with Crippen molar-refractivity contribution in [3.05, 3.63) is 67.0 Å². The lowest BCUT2D eigenvalue weighted by Gasteiger charge is -2.02. The highest BCUT2D eigenvalue weighted by Gasteiger charge is 2.09. The lowest BCUT2D eigenvalue weighted by atomic mass is 10.1. The van der Waals surface area contributed by atoms with Crippen molar-refractivity contribution in [2.24, 2.45) is 0 Å². The van der Waals surface area contributed by atoms with Gasteiger partial charge in [0.25, 0.3) is 0 Å². The van der Waals surface area contributed by atoms with Crippen molar-refractivity contribution in [3.63, 3.8) is 0 Å². The van der Waals surface area contributed by atoms with Gasteiger partial charge in [-0.05, 0) is 36.4 Å². The number of benzene rings is 1. The first-order valence-electron chi connectivity index (χ1n) is 7.38. The quantitative estimate of drug-likeness (QED) is 0.434. The molecule has 4 heteroatoms. The first kappa shape index (κ1) is 12.7. The first-order chi connectivity index (χ1) is 11.4. The maximum Gasteiger partial charge on any atom is 0.125 e. The summed E-state index contributed by atoms with van der Waals surface area (Å²) in [5, 5.41) is 3.52. The number of pyridine rings is 3. The number of fused-ring (bicyclic) bond motifs is 4. The van der Waals surface area contributed by atoms with Gasteiger partial charge in [-0.25, -0.2) is 9.97 Å². The lowest BCUT2D eigenvalue weighted by Crippen LogP contribution is -1.88. The van der Waals surface area contributed by atoms with Crippen molar-refractivity contribution in [1.82, 2.24) is 15.0 Å². The molecule has 1 aromatic carbocycles. The van der Waals surface area contributed by atoms with Crippen molar-refractivity contribution in [3.8, 4) is 11.4 Å². The molecule has 0 aliphatic carbocycles. The zero-order chi connectivity index (χ0) is 15.2. The standard InChI is InChI=1S/C19H11N3S/c1-2-4-18-13(3-1)14-6-8-17(22-19(14)23-18)16-7-5-12-11-20-10-9-15(12)21-16/h1-11H. The molecule has 0 radical (unpaired) electrons. The summed E-state index contributed by atoms with van der Waals surface area (Å²) in [5.74, 6) is 0. The Balaban J connectivity index is 1.73. The molecule has 0 fully saturated rings. The van der Waals surface area contributed by atoms with Crippen LogP contribution in [-0.2, 0) is 0 Å². The topological polar surface area (TPSA) is 38.7 Å². The van der Waals surface area contributed by atoms with Crippen LogP contribution >= 0.6 is 11.3 Å². The predicted octanol–water partition coefficient (Wildman–Crippen LogP) is 5.06. The predicted molar refractivity (Wildman–Crippen MR) is 95.7 cm³/mol. The van der Waals surface area contributed by atoms with Crippen LogP contribution in [0.5, 0.6) is 0 Å². The Labute approximate surface area is 136 Å². The van der Waals surface area contributed by atoms with E-state index in [4.69, 9.17) is 9.97 Å². The fourth-order valence-corrected chi connectivity index (χ4v) is 3.93. The zero-order valence-corrected chi connectivity index (χ0v) is 12.9. The summed E-state index contributed by atoms with van der Waals surface area (Å²) < 4.78 is 1.27. The molecule has 3 nitrogen and oxygen atoms in total. The minimum Gasteiger partial charge on any atom is -0.264 e. The van der Waals surface area contributed by atoms with Crippen molar-refractivity contribution in [2.45, 2.75) is 0 Å². The Kier molecular flexibility index (Phi) is 2.66. The van der Waals surface area contributed by atoms with Gasteiger partial charge < -0.3 is 0 Å². The van der Waals surface area contributed by atoms with Crippen molar-refractivity contribution in [1.29, 1.82) is 0 Å². The molecule has 0 bridgehead atoms. The molecule has 5 aromatic rings. The highest BCUT2D eigenvalue weighted by molar-refractivity contribution is 7.25. The van der Waals surface area contributed by atoms with Crippen LogP contribution in [0.4, 0.5) is 0 Å². The van der Waals surface area contributed by atoms with Crippen LogP contribution in [0, 0.1) is 0 Å². The molecule has 0 N–H and O–H groups in total. The molecular formula is C19H11N3S. The highest BCUT2D eigenvalue weighted by atomic mass is 32.1. The number of nitrogens with zero attached hydrogens (tertiary/aromatic N) is 3. The molecule has 5 rings (SSSR count). The van der Waals surface area contributed by atoms with E-state index in [9.17, 15) is 0 Å². The second kappa shape index (κ2) is 4.83. The summed E-state index contributed by atoms with van der Waals surface area (Å²) >= 11 is 1.73. The number of thiophene rings is 1. The zero-order valence-electron chi connectivity index (χ0n) is 12.1. The van der Waals surface area contributed by atoms with Gasteiger partial charge in [-0.3, -0.25) is 4.98 Å². The van der Waals surface area contributed by atoms with Crippen molar-refractivity contribution < 1.29 is 0 Å². The van der Waals surface area contributed by atoms with E-state index in [1.807, 2.05) is 24.4 Å². The number of hydrogen-bond acceptors (Lipinski definition) is 4. The molecule has 0 amide bonds. The molecular weight excluding hydrogens is 302 g/mol. The fraction of sp³-hybridized carbons (Fsp3) is 0. The highest BCUT2D eigenvalue weighted by Crippen LogP contribution is 2.33. The van der Waals surface area contributed by atoms with E-state index >= 15 is 0 Å². The van der Waals surface area contributed by atoms with Gasteiger partial charge >= 0.3 is 0 Å². The monoisotopic (exact) mass is 313 g/mol. The molecule has 23 heavy (non-hydrogen) atoms. The van der Waals surface area contributed by atoms with Gasteiger partial charge in [0, 0.05) is 33.3 Å². The smallest absolute Gasteiger partial charge is 0.125 e. The Morgan fingerprint density at radius 1 is 0.739 bits per heavy atom. The van der Waals surface area contributed by atoms with Crippen LogP contribution in [0.15, 0.2) is 67.0 Å². The second-order valence-corrected chi connectivity index (χ2v) is 6.44. The van der Waals surface area contributed by atoms with E-state index in [0.717, 1.165) is 27.1 Å². The van der Waals surface area contributed by atoms with E-state index in [0.29, 0.717) is 0 Å². The van der Waals surface area contributed by atoms with Gasteiger partial charge in [-0.1, -0.05) is 18.2 Å². The third-order valence-electron chi connectivity index (χ3n) is 4.00. The molecule has 0 aliphatic heterocycles. The van der Waals surface area contributed by atoms with Gasteiger partial charge in [-0.15, -0.1) is 11.3 Å². The molecule has 0 unspecified atom stereocenters. The minimum atomic E-state index is 0.892. The Morgan fingerprint density at radius 2 is 1.61 bits per heavy atom. The van der Waals surface area contributed by atoms with Crippen LogP contribution < -0.4 is 0 Å². The lowest BCUT2D eigenvalue weighted by molar-refractivity contribution is 1.30. The van der Waals surface area contributed by atoms with Gasteiger partial charge in [0.15, 0.2) is 0 Å². The maximum absolute atomic E-state index is 4.83. The number of rotatable bonds is 1. The first-order valence-corrected chi connectivity index (χ1v) is 8.19. The van der Waals surface area contributed by atoms with Crippen LogP contribution in [0.25, 0.3) is 42.6 Å². The molecule has 108 valence electrons. The molecule has 0 atom stereocenters. The normalized spacial score (nSPS) is 11.5. The fourth-order valence-electron chi connectivity index (χ4n) is 2.86. The van der Waals surface area contributed by atoms with E-state index in [1.54, 1.807) is 17.5 Å². The Morgan fingerprint density at radius 3 is 2.61 bits per heavy atom. The Bertz CT molecular complexity index is 1180. The molecule has 0 aliphatic rings. The van der Waals surface area contributed by atoms with E-state index < -0.39 is 0 Å². The number of hydrogen-bond donors (Lipinski definition) is 0. The van der Waals surface area contributed by atoms with Crippen LogP contribution in [-0.4, -0.2) is 15.0 Å². The molecule has 0 saturated carbocycles. The average molecular weight is 313 g/mol. The van der Waals surface area contributed by atoms with Gasteiger partial charge in [0.05, 0.1) is 16.9 Å². The summed E-state index contributed by atoms with van der Waals surface area (Å²) in [6, 6.07) is 18.6. The maximum atomic E-state index is 4.83. The van der Waals surface area contributed by atoms with Crippen LogP contribution in [0.1, 0.15) is 0 Å². The molecule has 0 spiro atoms. The van der Waals surface area contributed by atoms with E-state index in [2.05, 4.69) is 41.4 Å². The SMILES string of the molecule is c1ccc2c(c1)sc1nc(-c3ccc4cnccc4n3)ccc12. The summed E-state index contributed by atoms with van der Waals surface area (Å²) in [6.07, 6.45) is 3.59. The minimum absolute atomic E-state index is 0.892. The van der Waals surface area contributed by atoms with Gasteiger partial charge in [0.2, 0.25) is 0 Å². The van der Waals surface area contributed by atoms with Crippen LogP contribution in [0.3, 0.4) is 0 Å². The van der Waals surface area contributed by atoms with Crippen molar-refractivity contribution in [2.75, 3.05) is 0 Å². The molecule has 4 aromatic heterocycles. The third-order valence-corrected chi connectivity index (χ3v) is 5.08. The van der Waals surface area contributed by atoms with Crippen molar-refractivity contribution >= 4 is 42.5 Å². The largest absolute Gasteiger partial charge is 0.264 e. The van der Waals surface area contributed by atoms with E-state index in [1.165, 1.54) is 15.5 Å². The summed E-state index contributed by atoms with van der Waals surface area (Å²) in [4.78, 5) is 14.7. The summed E-state index contributed by atoms with van der Waals surface area (Å²) in [5.41, 5.74) is 2.74. The van der Waals surface area contributed by atoms with Gasteiger partial charge in [-0.2, -0.15) is 0 Å². The third kappa shape index (κ3) is 1.99. The average Bonchev–Trinajstić information content (AvgIpc) is 2.99. The van der Waals surface area contributed by atoms with E-state index in [-0.39, 0.29) is 0 Å². The van der Waals surface area contributed by atoms with Crippen LogP contribution in [0.2, 0.25) is 0 Å². The second-order valence-electron chi connectivity index (χ2n) is 5.41. The number of aromatic nitrogens is 3. The van der Waals surface area contributed by atoms with Gasteiger partial charge in [0.1, 0.15) is 4.83 Å². The Hall–Kier alpha value is -2.85. The molecule has 0 saturated heterocycles.